The van der Waals surface area contributed by atoms with E-state index in [1.54, 1.807) is 19.0 Å². The van der Waals surface area contributed by atoms with E-state index in [-0.39, 0.29) is 42.2 Å². The van der Waals surface area contributed by atoms with E-state index in [1.165, 1.54) is 12.1 Å². The van der Waals surface area contributed by atoms with Crippen LogP contribution in [0.3, 0.4) is 0 Å². The van der Waals surface area contributed by atoms with Crippen molar-refractivity contribution in [1.82, 2.24) is 15.1 Å². The van der Waals surface area contributed by atoms with Crippen LogP contribution in [0, 0.1) is 11.7 Å². The van der Waals surface area contributed by atoms with Crippen molar-refractivity contribution in [3.63, 3.8) is 0 Å². The molecule has 1 atom stereocenters. The molecule has 0 radical (unpaired) electrons. The van der Waals surface area contributed by atoms with Gasteiger partial charge in [-0.1, -0.05) is 0 Å². The molecule has 0 bridgehead atoms. The van der Waals surface area contributed by atoms with E-state index in [0.29, 0.717) is 5.92 Å². The van der Waals surface area contributed by atoms with Crippen molar-refractivity contribution in [3.8, 4) is 0 Å². The number of amides is 1. The fourth-order valence-corrected chi connectivity index (χ4v) is 3.36. The van der Waals surface area contributed by atoms with Crippen LogP contribution in [-0.2, 0) is 9.53 Å². The van der Waals surface area contributed by atoms with Crippen molar-refractivity contribution in [3.05, 3.63) is 30.1 Å². The molecule has 2 saturated heterocycles. The number of carbonyl (C=O) groups is 1. The van der Waals surface area contributed by atoms with Gasteiger partial charge in [-0.25, -0.2) is 9.38 Å². The second-order valence-corrected chi connectivity index (χ2v) is 7.49. The average molecular weight is 519 g/mol. The number of hydrogen-bond donors (Lipinski definition) is 1. The third-order valence-corrected chi connectivity index (χ3v) is 5.21. The maximum atomic E-state index is 13.2. The molecule has 0 spiro atoms. The molecule has 2 fully saturated rings. The highest BCUT2D eigenvalue weighted by Gasteiger charge is 2.22. The van der Waals surface area contributed by atoms with Gasteiger partial charge in [0.05, 0.1) is 6.61 Å². The van der Waals surface area contributed by atoms with Gasteiger partial charge < -0.3 is 24.8 Å². The van der Waals surface area contributed by atoms with E-state index in [9.17, 15) is 9.18 Å². The Balaban J connectivity index is 0.00000300. The zero-order valence-corrected chi connectivity index (χ0v) is 19.5. The summed E-state index contributed by atoms with van der Waals surface area (Å²) < 4.78 is 18.6. The molecule has 2 aliphatic rings. The zero-order valence-electron chi connectivity index (χ0n) is 17.1. The van der Waals surface area contributed by atoms with Crippen LogP contribution in [0.4, 0.5) is 10.1 Å². The topological polar surface area (TPSA) is 60.4 Å². The molecule has 1 aromatic carbocycles. The number of nitrogens with zero attached hydrogens (tertiary/aromatic N) is 4. The van der Waals surface area contributed by atoms with Gasteiger partial charge in [-0.05, 0) is 30.7 Å². The molecule has 2 heterocycles. The Morgan fingerprint density at radius 3 is 2.52 bits per heavy atom. The second kappa shape index (κ2) is 11.5. The van der Waals surface area contributed by atoms with Crippen LogP contribution < -0.4 is 10.2 Å². The number of benzene rings is 1. The van der Waals surface area contributed by atoms with Crippen molar-refractivity contribution in [2.45, 2.75) is 6.42 Å². The monoisotopic (exact) mass is 519 g/mol. The third-order valence-electron chi connectivity index (χ3n) is 5.21. The zero-order chi connectivity index (χ0) is 19.9. The number of likely N-dealkylation sites (N-methyl/N-ethyl adjacent to an activating group) is 1. The Hall–Kier alpha value is -1.62. The molecule has 1 amide bonds. The first kappa shape index (κ1) is 23.7. The number of rotatable bonds is 5. The van der Waals surface area contributed by atoms with E-state index < -0.39 is 0 Å². The molecule has 7 nitrogen and oxygen atoms in total. The quantitative estimate of drug-likeness (QED) is 0.364. The molecule has 1 N–H and O–H groups in total. The van der Waals surface area contributed by atoms with Crippen molar-refractivity contribution in [1.29, 1.82) is 0 Å². The minimum atomic E-state index is -0.220. The molecule has 0 aromatic heterocycles. The number of carbonyl (C=O) groups excluding carboxylic acids is 1. The number of piperazine rings is 1. The summed E-state index contributed by atoms with van der Waals surface area (Å²) in [5.41, 5.74) is 1.03. The predicted octanol–water partition coefficient (Wildman–Crippen LogP) is 1.64. The summed E-state index contributed by atoms with van der Waals surface area (Å²) in [5, 5.41) is 3.44. The molecule has 162 valence electrons. The fraction of sp³-hybridized carbons (Fsp3) is 0.600. The average Bonchev–Trinajstić information content (AvgIpc) is 3.22. The van der Waals surface area contributed by atoms with Crippen LogP contribution in [0.15, 0.2) is 29.3 Å². The van der Waals surface area contributed by atoms with E-state index in [2.05, 4.69) is 20.1 Å². The standard InChI is InChI=1S/C20H30FN5O2.HI/c1-24(2)19(27)14-23-20(22-13-16-7-12-28-15-16)26-10-8-25(9-11-26)18-5-3-17(21)4-6-18;/h3-6,16H,7-15H2,1-2H3,(H,22,23);1H. The van der Waals surface area contributed by atoms with Crippen LogP contribution in [0.1, 0.15) is 6.42 Å². The molecule has 1 unspecified atom stereocenters. The number of nitrogens with one attached hydrogen (secondary N) is 1. The molecule has 2 aliphatic heterocycles. The second-order valence-electron chi connectivity index (χ2n) is 7.49. The Bertz CT molecular complexity index is 672. The highest BCUT2D eigenvalue weighted by molar-refractivity contribution is 14.0. The van der Waals surface area contributed by atoms with Crippen LogP contribution in [0.5, 0.6) is 0 Å². The molecular weight excluding hydrogens is 488 g/mol. The lowest BCUT2D eigenvalue weighted by Crippen LogP contribution is -2.53. The first-order chi connectivity index (χ1) is 13.5. The smallest absolute Gasteiger partial charge is 0.243 e. The molecule has 29 heavy (non-hydrogen) atoms. The van der Waals surface area contributed by atoms with Crippen molar-refractivity contribution >= 4 is 41.5 Å². The van der Waals surface area contributed by atoms with Gasteiger partial charge in [0.15, 0.2) is 5.96 Å². The normalized spacial score (nSPS) is 19.7. The first-order valence-electron chi connectivity index (χ1n) is 9.84. The highest BCUT2D eigenvalue weighted by Crippen LogP contribution is 2.17. The molecule has 1 aromatic rings. The Kier molecular flexibility index (Phi) is 9.41. The summed E-state index contributed by atoms with van der Waals surface area (Å²) in [6.45, 7) is 5.74. The van der Waals surface area contributed by atoms with Crippen molar-refractivity contribution in [2.75, 3.05) is 71.5 Å². The summed E-state index contributed by atoms with van der Waals surface area (Å²) in [4.78, 5) is 22.5. The summed E-state index contributed by atoms with van der Waals surface area (Å²) in [5.74, 6) is 1.02. The number of hydrogen-bond acceptors (Lipinski definition) is 4. The first-order valence-corrected chi connectivity index (χ1v) is 9.84. The fourth-order valence-electron chi connectivity index (χ4n) is 3.36. The Morgan fingerprint density at radius 2 is 1.93 bits per heavy atom. The summed E-state index contributed by atoms with van der Waals surface area (Å²) >= 11 is 0. The Labute approximate surface area is 189 Å². The van der Waals surface area contributed by atoms with Gasteiger partial charge in [-0.15, -0.1) is 24.0 Å². The van der Waals surface area contributed by atoms with Gasteiger partial charge in [0.25, 0.3) is 0 Å². The van der Waals surface area contributed by atoms with Gasteiger partial charge in [0.2, 0.25) is 5.91 Å². The lowest BCUT2D eigenvalue weighted by atomic mass is 10.1. The number of halogens is 2. The van der Waals surface area contributed by atoms with Gasteiger partial charge in [-0.3, -0.25) is 4.79 Å². The van der Waals surface area contributed by atoms with Crippen LogP contribution >= 0.6 is 24.0 Å². The van der Waals surface area contributed by atoms with E-state index in [1.807, 2.05) is 12.1 Å². The number of aliphatic imine (C=N–C) groups is 1. The van der Waals surface area contributed by atoms with Gasteiger partial charge in [0, 0.05) is 65.0 Å². The van der Waals surface area contributed by atoms with E-state index in [4.69, 9.17) is 4.74 Å². The molecule has 9 heteroatoms. The van der Waals surface area contributed by atoms with Gasteiger partial charge in [-0.2, -0.15) is 0 Å². The maximum Gasteiger partial charge on any atom is 0.243 e. The lowest BCUT2D eigenvalue weighted by molar-refractivity contribution is -0.127. The van der Waals surface area contributed by atoms with E-state index in [0.717, 1.165) is 64.0 Å². The molecule has 0 aliphatic carbocycles. The number of anilines is 1. The van der Waals surface area contributed by atoms with Gasteiger partial charge in [0.1, 0.15) is 12.4 Å². The van der Waals surface area contributed by atoms with Crippen LogP contribution in [-0.4, -0.2) is 88.2 Å². The van der Waals surface area contributed by atoms with Crippen molar-refractivity contribution < 1.29 is 13.9 Å². The molecule has 3 rings (SSSR count). The Morgan fingerprint density at radius 1 is 1.24 bits per heavy atom. The highest BCUT2D eigenvalue weighted by atomic mass is 127. The van der Waals surface area contributed by atoms with Crippen molar-refractivity contribution in [2.24, 2.45) is 10.9 Å². The van der Waals surface area contributed by atoms with Gasteiger partial charge >= 0.3 is 0 Å². The van der Waals surface area contributed by atoms with E-state index >= 15 is 0 Å². The number of ether oxygens (including phenoxy) is 1. The predicted molar refractivity (Wildman–Crippen MR) is 124 cm³/mol. The summed E-state index contributed by atoms with van der Waals surface area (Å²) in [6, 6.07) is 6.61. The van der Waals surface area contributed by atoms with Crippen LogP contribution in [0.2, 0.25) is 0 Å². The molecular formula is C20H31FIN5O2. The maximum absolute atomic E-state index is 13.2. The van der Waals surface area contributed by atoms with Crippen LogP contribution in [0.25, 0.3) is 0 Å². The largest absolute Gasteiger partial charge is 0.381 e. The lowest BCUT2D eigenvalue weighted by Gasteiger charge is -2.38. The molecule has 0 saturated carbocycles. The minimum Gasteiger partial charge on any atom is -0.381 e. The number of guanidine groups is 1. The summed E-state index contributed by atoms with van der Waals surface area (Å²) in [6.07, 6.45) is 1.05. The minimum absolute atomic E-state index is 0. The third kappa shape index (κ3) is 6.98. The summed E-state index contributed by atoms with van der Waals surface area (Å²) in [7, 11) is 3.48. The SMILES string of the molecule is CN(C)C(=O)CN=C(NCC1CCOC1)N1CCN(c2ccc(F)cc2)CC1.I.